The average molecular weight is 505 g/mol. The highest BCUT2D eigenvalue weighted by Crippen LogP contribution is 2.30. The largest absolute Gasteiger partial charge is 0.416 e. The molecule has 2 aromatic rings. The lowest BCUT2D eigenvalue weighted by atomic mass is 10.1. The summed E-state index contributed by atoms with van der Waals surface area (Å²) in [5.41, 5.74) is -1.10. The van der Waals surface area contributed by atoms with Gasteiger partial charge in [-0.15, -0.1) is 0 Å². The Kier molecular flexibility index (Phi) is 8.29. The Morgan fingerprint density at radius 1 is 1.21 bits per heavy atom. The molecule has 186 valence electrons. The fourth-order valence-corrected chi connectivity index (χ4v) is 4.97. The summed E-state index contributed by atoms with van der Waals surface area (Å²) in [6.45, 7) is 0.162. The molecular weight excluding hydrogens is 480 g/mol. The molecule has 34 heavy (non-hydrogen) atoms. The normalized spacial score (nSPS) is 17.5. The highest BCUT2D eigenvalue weighted by molar-refractivity contribution is 7.89. The Balaban J connectivity index is 1.77. The smallest absolute Gasteiger partial charge is 0.383 e. The zero-order valence-corrected chi connectivity index (χ0v) is 19.1. The molecule has 0 spiro atoms. The Morgan fingerprint density at radius 2 is 1.91 bits per heavy atom. The second-order valence-electron chi connectivity index (χ2n) is 7.63. The third-order valence-corrected chi connectivity index (χ3v) is 7.15. The molecule has 1 amide bonds. The lowest BCUT2D eigenvalue weighted by Gasteiger charge is -2.35. The first-order chi connectivity index (χ1) is 16.0. The van der Waals surface area contributed by atoms with E-state index in [1.165, 1.54) is 22.4 Å². The number of carbonyl (C=O) groups is 1. The van der Waals surface area contributed by atoms with Gasteiger partial charge >= 0.3 is 6.18 Å². The summed E-state index contributed by atoms with van der Waals surface area (Å²) in [5, 5.41) is 0. The SMILES string of the molecule is COCCN(C[C@H]1CN(S(=O)(=O)c2ccc(F)cc2)CCO1)C(=O)c1cccc(C(F)(F)F)c1. The standard InChI is InChI=1S/C22H24F4N2O5S/c1-32-11-9-27(21(29)16-3-2-4-17(13-16)22(24,25)26)14-19-15-28(10-12-33-19)34(30,31)20-7-5-18(23)6-8-20/h2-8,13,19H,9-12,14-15H2,1H3/t19-/m0/s1. The minimum absolute atomic E-state index is 0.0565. The van der Waals surface area contributed by atoms with Crippen LogP contribution >= 0.6 is 0 Å². The van der Waals surface area contributed by atoms with Crippen molar-refractivity contribution in [3.8, 4) is 0 Å². The van der Waals surface area contributed by atoms with E-state index in [4.69, 9.17) is 9.47 Å². The molecule has 7 nitrogen and oxygen atoms in total. The van der Waals surface area contributed by atoms with Crippen LogP contribution in [-0.4, -0.2) is 76.1 Å². The van der Waals surface area contributed by atoms with E-state index in [0.717, 1.165) is 42.5 Å². The molecule has 1 heterocycles. The number of benzene rings is 2. The third kappa shape index (κ3) is 6.32. The molecule has 1 aliphatic heterocycles. The maximum absolute atomic E-state index is 13.2. The maximum atomic E-state index is 13.2. The van der Waals surface area contributed by atoms with Gasteiger partial charge in [0.05, 0.1) is 29.8 Å². The molecule has 0 aromatic heterocycles. The quantitative estimate of drug-likeness (QED) is 0.517. The van der Waals surface area contributed by atoms with Crippen molar-refractivity contribution in [1.29, 1.82) is 0 Å². The monoisotopic (exact) mass is 504 g/mol. The number of hydrogen-bond acceptors (Lipinski definition) is 5. The molecule has 0 unspecified atom stereocenters. The van der Waals surface area contributed by atoms with Gasteiger partial charge in [-0.05, 0) is 42.5 Å². The van der Waals surface area contributed by atoms with Gasteiger partial charge < -0.3 is 14.4 Å². The second kappa shape index (κ2) is 10.8. The number of hydrogen-bond donors (Lipinski definition) is 0. The van der Waals surface area contributed by atoms with Crippen molar-refractivity contribution in [2.75, 3.05) is 46.5 Å². The number of alkyl halides is 3. The van der Waals surface area contributed by atoms with Crippen LogP contribution in [0.1, 0.15) is 15.9 Å². The van der Waals surface area contributed by atoms with Crippen molar-refractivity contribution in [1.82, 2.24) is 9.21 Å². The molecule has 2 aromatic carbocycles. The van der Waals surface area contributed by atoms with E-state index in [9.17, 15) is 30.8 Å². The number of carbonyl (C=O) groups excluding carboxylic acids is 1. The summed E-state index contributed by atoms with van der Waals surface area (Å²) in [6.07, 6.45) is -5.33. The van der Waals surface area contributed by atoms with Gasteiger partial charge in [-0.1, -0.05) is 6.07 Å². The van der Waals surface area contributed by atoms with Crippen LogP contribution in [-0.2, 0) is 25.7 Å². The summed E-state index contributed by atoms with van der Waals surface area (Å²) in [4.78, 5) is 14.2. The molecular formula is C22H24F4N2O5S. The van der Waals surface area contributed by atoms with E-state index in [-0.39, 0.29) is 49.9 Å². The molecule has 0 N–H and O–H groups in total. The van der Waals surface area contributed by atoms with Gasteiger partial charge in [0.25, 0.3) is 5.91 Å². The van der Waals surface area contributed by atoms with Gasteiger partial charge in [-0.2, -0.15) is 17.5 Å². The zero-order valence-electron chi connectivity index (χ0n) is 18.3. The number of nitrogens with zero attached hydrogens (tertiary/aromatic N) is 2. The van der Waals surface area contributed by atoms with Crippen LogP contribution in [0.5, 0.6) is 0 Å². The fraction of sp³-hybridized carbons (Fsp3) is 0.409. The van der Waals surface area contributed by atoms with E-state index in [0.29, 0.717) is 0 Å². The molecule has 1 aliphatic rings. The van der Waals surface area contributed by atoms with Gasteiger partial charge in [0.1, 0.15) is 5.82 Å². The fourth-order valence-electron chi connectivity index (χ4n) is 3.51. The van der Waals surface area contributed by atoms with E-state index >= 15 is 0 Å². The number of sulfonamides is 1. The number of morpholine rings is 1. The Hall–Kier alpha value is -2.54. The first-order valence-corrected chi connectivity index (χ1v) is 11.8. The molecule has 0 saturated carbocycles. The van der Waals surface area contributed by atoms with Crippen molar-refractivity contribution < 1.29 is 40.2 Å². The van der Waals surface area contributed by atoms with Gasteiger partial charge in [-0.3, -0.25) is 4.79 Å². The molecule has 3 rings (SSSR count). The number of rotatable bonds is 8. The minimum Gasteiger partial charge on any atom is -0.383 e. The summed E-state index contributed by atoms with van der Waals surface area (Å²) in [5.74, 6) is -1.23. The van der Waals surface area contributed by atoms with E-state index in [1.807, 2.05) is 0 Å². The van der Waals surface area contributed by atoms with Crippen LogP contribution in [0.25, 0.3) is 0 Å². The van der Waals surface area contributed by atoms with Crippen LogP contribution in [0, 0.1) is 5.82 Å². The van der Waals surface area contributed by atoms with Crippen LogP contribution in [0.2, 0.25) is 0 Å². The Labute approximate surface area is 194 Å². The van der Waals surface area contributed by atoms with E-state index in [1.54, 1.807) is 0 Å². The first kappa shape index (κ1) is 26.1. The summed E-state index contributed by atoms with van der Waals surface area (Å²) in [6, 6.07) is 8.50. The van der Waals surface area contributed by atoms with Crippen molar-refractivity contribution in [2.45, 2.75) is 17.2 Å². The molecule has 1 saturated heterocycles. The highest BCUT2D eigenvalue weighted by atomic mass is 32.2. The van der Waals surface area contributed by atoms with Crippen molar-refractivity contribution in [3.05, 3.63) is 65.5 Å². The van der Waals surface area contributed by atoms with Gasteiger partial charge in [0.15, 0.2) is 0 Å². The molecule has 1 fully saturated rings. The lowest BCUT2D eigenvalue weighted by Crippen LogP contribution is -2.51. The van der Waals surface area contributed by atoms with E-state index in [2.05, 4.69) is 0 Å². The third-order valence-electron chi connectivity index (χ3n) is 5.27. The molecule has 12 heteroatoms. The summed E-state index contributed by atoms with van der Waals surface area (Å²) < 4.78 is 90.1. The predicted molar refractivity (Wildman–Crippen MR) is 114 cm³/mol. The van der Waals surface area contributed by atoms with Crippen LogP contribution in [0.3, 0.4) is 0 Å². The van der Waals surface area contributed by atoms with Gasteiger partial charge in [0.2, 0.25) is 10.0 Å². The lowest BCUT2D eigenvalue weighted by molar-refractivity contribution is -0.137. The zero-order chi connectivity index (χ0) is 24.9. The topological polar surface area (TPSA) is 76.2 Å². The van der Waals surface area contributed by atoms with Crippen LogP contribution < -0.4 is 0 Å². The summed E-state index contributed by atoms with van der Waals surface area (Å²) >= 11 is 0. The summed E-state index contributed by atoms with van der Waals surface area (Å²) in [7, 11) is -2.51. The maximum Gasteiger partial charge on any atom is 0.416 e. The van der Waals surface area contributed by atoms with Gasteiger partial charge in [0, 0.05) is 38.9 Å². The van der Waals surface area contributed by atoms with Crippen molar-refractivity contribution >= 4 is 15.9 Å². The van der Waals surface area contributed by atoms with Crippen LogP contribution in [0.15, 0.2) is 53.4 Å². The molecule has 1 atom stereocenters. The highest BCUT2D eigenvalue weighted by Gasteiger charge is 2.34. The number of methoxy groups -OCH3 is 1. The Bertz CT molecular complexity index is 1090. The number of halogens is 4. The van der Waals surface area contributed by atoms with Crippen molar-refractivity contribution in [3.63, 3.8) is 0 Å². The molecule has 0 aliphatic carbocycles. The minimum atomic E-state index is -4.60. The molecule has 0 radical (unpaired) electrons. The number of ether oxygens (including phenoxy) is 2. The average Bonchev–Trinajstić information content (AvgIpc) is 2.81. The predicted octanol–water partition coefficient (Wildman–Crippen LogP) is 3.02. The van der Waals surface area contributed by atoms with Gasteiger partial charge in [-0.25, -0.2) is 12.8 Å². The van der Waals surface area contributed by atoms with Crippen molar-refractivity contribution in [2.24, 2.45) is 0 Å². The second-order valence-corrected chi connectivity index (χ2v) is 9.57. The number of amides is 1. The Morgan fingerprint density at radius 3 is 2.56 bits per heavy atom. The molecule has 0 bridgehead atoms. The first-order valence-electron chi connectivity index (χ1n) is 10.3. The van der Waals surface area contributed by atoms with Crippen LogP contribution in [0.4, 0.5) is 17.6 Å². The van der Waals surface area contributed by atoms with E-state index < -0.39 is 39.6 Å².